The first kappa shape index (κ1) is 31.2. The summed E-state index contributed by atoms with van der Waals surface area (Å²) in [6, 6.07) is 0. The Kier molecular flexibility index (Phi) is 21.5. The maximum atomic E-state index is 11.6. The molecule has 1 amide bonds. The molecular formula is C18H35NNaO8P. The number of amides is 1. The Bertz CT molecular complexity index is 475. The molecular weight excluding hydrogens is 412 g/mol. The van der Waals surface area contributed by atoms with Crippen LogP contribution in [-0.4, -0.2) is 46.8 Å². The van der Waals surface area contributed by atoms with Gasteiger partial charge in [0.2, 0.25) is 0 Å². The predicted molar refractivity (Wildman–Crippen MR) is 101 cm³/mol. The minimum atomic E-state index is -5.00. The number of rotatable bonds is 18. The van der Waals surface area contributed by atoms with Crippen LogP contribution >= 0.6 is 7.82 Å². The van der Waals surface area contributed by atoms with Crippen LogP contribution in [0, 0.1) is 0 Å². The fraction of sp³-hybridized carbons (Fsp3) is 0.889. The van der Waals surface area contributed by atoms with Gasteiger partial charge in [-0.2, -0.15) is 0 Å². The van der Waals surface area contributed by atoms with Crippen molar-refractivity contribution in [3.8, 4) is 0 Å². The number of phosphoric ester groups is 1. The summed E-state index contributed by atoms with van der Waals surface area (Å²) in [5.74, 6) is -1.24. The molecule has 0 saturated heterocycles. The van der Waals surface area contributed by atoms with E-state index >= 15 is 0 Å². The summed E-state index contributed by atoms with van der Waals surface area (Å²) in [6.45, 7) is 1.36. The molecule has 0 fully saturated rings. The number of unbranched alkanes of at least 4 members (excludes halogenated alkanes) is 9. The normalized spacial score (nSPS) is 12.7. The number of phosphoric acid groups is 1. The zero-order valence-corrected chi connectivity index (χ0v) is 20.7. The van der Waals surface area contributed by atoms with E-state index in [0.717, 1.165) is 19.3 Å². The Morgan fingerprint density at radius 2 is 1.52 bits per heavy atom. The van der Waals surface area contributed by atoms with Gasteiger partial charge >= 0.3 is 35.5 Å². The topological polar surface area (TPSA) is 136 Å². The largest absolute Gasteiger partial charge is 1.00 e. The van der Waals surface area contributed by atoms with Gasteiger partial charge in [0, 0.05) is 13.0 Å². The molecule has 9 nitrogen and oxygen atoms in total. The summed E-state index contributed by atoms with van der Waals surface area (Å²) < 4.78 is 19.3. The van der Waals surface area contributed by atoms with Gasteiger partial charge in [-0.05, 0) is 19.3 Å². The van der Waals surface area contributed by atoms with Crippen molar-refractivity contribution in [1.82, 2.24) is 5.06 Å². The van der Waals surface area contributed by atoms with Crippen LogP contribution < -0.4 is 34.5 Å². The maximum absolute atomic E-state index is 11.6. The number of hydrogen-bond donors (Lipinski definition) is 2. The van der Waals surface area contributed by atoms with E-state index in [1.807, 2.05) is 0 Å². The summed E-state index contributed by atoms with van der Waals surface area (Å²) in [4.78, 5) is 41.6. The third kappa shape index (κ3) is 22.5. The van der Waals surface area contributed by atoms with Gasteiger partial charge in [-0.15, -0.1) is 0 Å². The van der Waals surface area contributed by atoms with Gasteiger partial charge in [-0.25, -0.2) is 5.06 Å². The summed E-state index contributed by atoms with van der Waals surface area (Å²) in [6.07, 6.45) is 11.8. The number of nitrogens with zero attached hydrogens (tertiary/aromatic N) is 1. The van der Waals surface area contributed by atoms with Crippen LogP contribution in [0.1, 0.15) is 84.0 Å². The van der Waals surface area contributed by atoms with E-state index in [1.165, 1.54) is 38.5 Å². The number of hydrogen-bond acceptors (Lipinski definition) is 7. The van der Waals surface area contributed by atoms with Gasteiger partial charge in [-0.1, -0.05) is 58.3 Å². The first-order chi connectivity index (χ1) is 13.3. The van der Waals surface area contributed by atoms with E-state index in [4.69, 9.17) is 9.63 Å². The third-order valence-corrected chi connectivity index (χ3v) is 4.61. The Labute approximate surface area is 196 Å². The van der Waals surface area contributed by atoms with Crippen molar-refractivity contribution in [3.05, 3.63) is 0 Å². The second kappa shape index (κ2) is 19.9. The molecule has 2 N–H and O–H groups in total. The van der Waals surface area contributed by atoms with E-state index in [1.54, 1.807) is 0 Å². The minimum Gasteiger partial charge on any atom is -0.756 e. The molecule has 0 saturated carbocycles. The average molecular weight is 447 g/mol. The Balaban J connectivity index is 0. The fourth-order valence-corrected chi connectivity index (χ4v) is 2.81. The number of hydroxylamine groups is 2. The molecule has 0 radical (unpaired) electrons. The second-order valence-corrected chi connectivity index (χ2v) is 7.96. The predicted octanol–water partition coefficient (Wildman–Crippen LogP) is -0.0702. The third-order valence-electron chi connectivity index (χ3n) is 4.15. The molecule has 166 valence electrons. The fourth-order valence-electron chi connectivity index (χ4n) is 2.54. The summed E-state index contributed by atoms with van der Waals surface area (Å²) in [7, 11) is -5.00. The first-order valence-corrected chi connectivity index (χ1v) is 11.6. The molecule has 0 aliphatic rings. The van der Waals surface area contributed by atoms with Gasteiger partial charge in [0.05, 0.1) is 6.61 Å². The molecule has 0 aromatic carbocycles. The van der Waals surface area contributed by atoms with Crippen molar-refractivity contribution in [2.45, 2.75) is 84.0 Å². The standard InChI is InChI=1S/C18H36NO8P.Na/c1-2-3-4-5-6-7-8-9-10-13-18(21)26-15-12-11-14-19(22)17(20)16-27-28(23,24)25;/h22H,2-16H2,1H3,(H2,23,24,25);/q;+1/p-1. The van der Waals surface area contributed by atoms with Gasteiger partial charge in [0.1, 0.15) is 6.61 Å². The summed E-state index contributed by atoms with van der Waals surface area (Å²) in [5, 5.41) is 9.70. The van der Waals surface area contributed by atoms with Crippen molar-refractivity contribution >= 4 is 19.7 Å². The average Bonchev–Trinajstić information content (AvgIpc) is 2.63. The number of ether oxygens (including phenoxy) is 1. The number of carbonyl (C=O) groups excluding carboxylic acids is 2. The molecule has 0 rings (SSSR count). The van der Waals surface area contributed by atoms with Crippen LogP contribution in [0.4, 0.5) is 0 Å². The van der Waals surface area contributed by atoms with Crippen molar-refractivity contribution in [2.24, 2.45) is 0 Å². The van der Waals surface area contributed by atoms with Gasteiger partial charge in [0.25, 0.3) is 13.7 Å². The molecule has 0 aliphatic carbocycles. The monoisotopic (exact) mass is 447 g/mol. The van der Waals surface area contributed by atoms with Crippen LogP contribution in [0.25, 0.3) is 0 Å². The first-order valence-electron chi connectivity index (χ1n) is 10.1. The Morgan fingerprint density at radius 1 is 0.966 bits per heavy atom. The molecule has 0 heterocycles. The Hall–Kier alpha value is 0.01000. The Morgan fingerprint density at radius 3 is 2.07 bits per heavy atom. The van der Waals surface area contributed by atoms with E-state index in [0.29, 0.717) is 24.3 Å². The quantitative estimate of drug-likeness (QED) is 0.0744. The molecule has 11 heteroatoms. The van der Waals surface area contributed by atoms with Crippen LogP contribution in [-0.2, 0) is 23.4 Å². The van der Waals surface area contributed by atoms with Gasteiger partial charge in [-0.3, -0.25) is 19.4 Å². The van der Waals surface area contributed by atoms with E-state index < -0.39 is 20.3 Å². The zero-order chi connectivity index (χ0) is 21.3. The van der Waals surface area contributed by atoms with Crippen molar-refractivity contribution in [2.75, 3.05) is 19.8 Å². The molecule has 1 unspecified atom stereocenters. The van der Waals surface area contributed by atoms with E-state index in [9.17, 15) is 24.3 Å². The van der Waals surface area contributed by atoms with Crippen molar-refractivity contribution in [1.29, 1.82) is 0 Å². The van der Waals surface area contributed by atoms with Crippen LogP contribution in [0.3, 0.4) is 0 Å². The molecule has 0 aliphatic heterocycles. The summed E-state index contributed by atoms with van der Waals surface area (Å²) >= 11 is 0. The maximum Gasteiger partial charge on any atom is 1.00 e. The smallest absolute Gasteiger partial charge is 0.756 e. The minimum absolute atomic E-state index is 0. The van der Waals surface area contributed by atoms with Gasteiger partial charge < -0.3 is 19.0 Å². The molecule has 0 aromatic heterocycles. The number of carbonyl (C=O) groups is 2. The van der Waals surface area contributed by atoms with E-state index in [2.05, 4.69) is 11.4 Å². The number of esters is 1. The van der Waals surface area contributed by atoms with Gasteiger partial charge in [0.15, 0.2) is 0 Å². The molecule has 29 heavy (non-hydrogen) atoms. The van der Waals surface area contributed by atoms with Crippen molar-refractivity contribution in [3.63, 3.8) is 0 Å². The SMILES string of the molecule is CCCCCCCCCCCC(=O)OCCCCN(O)C(=O)COP(=O)([O-])O.[Na+]. The van der Waals surface area contributed by atoms with Crippen LogP contribution in [0.5, 0.6) is 0 Å². The molecule has 0 bridgehead atoms. The van der Waals surface area contributed by atoms with Crippen LogP contribution in [0.15, 0.2) is 0 Å². The molecule has 0 spiro atoms. The summed E-state index contributed by atoms with van der Waals surface area (Å²) in [5.41, 5.74) is 0. The van der Waals surface area contributed by atoms with Crippen LogP contribution in [0.2, 0.25) is 0 Å². The molecule has 0 aromatic rings. The van der Waals surface area contributed by atoms with E-state index in [-0.39, 0.29) is 48.7 Å². The van der Waals surface area contributed by atoms with Crippen molar-refractivity contribution < 1.29 is 68.0 Å². The molecule has 1 atom stereocenters. The zero-order valence-electron chi connectivity index (χ0n) is 17.8. The second-order valence-electron chi connectivity index (χ2n) is 6.76.